The zero-order chi connectivity index (χ0) is 14.5. The lowest BCUT2D eigenvalue weighted by Crippen LogP contribution is -2.35. The number of carboxylic acid groups (broad SMARTS) is 1. The Bertz CT molecular complexity index is 613. The lowest BCUT2D eigenvalue weighted by atomic mass is 10.1. The lowest BCUT2D eigenvalue weighted by molar-refractivity contribution is -0.142. The molecule has 0 radical (unpaired) electrons. The molecule has 0 aliphatic heterocycles. The van der Waals surface area contributed by atoms with Crippen LogP contribution in [0.4, 0.5) is 4.39 Å². The molecule has 1 heterocycles. The number of rotatable bonds is 5. The third-order valence-corrected chi connectivity index (χ3v) is 3.56. The van der Waals surface area contributed by atoms with Crippen LogP contribution in [0.15, 0.2) is 41.8 Å². The second-order valence-corrected chi connectivity index (χ2v) is 5.15. The highest BCUT2D eigenvalue weighted by Crippen LogP contribution is 2.18. The van der Waals surface area contributed by atoms with E-state index in [1.54, 1.807) is 12.1 Å². The molecule has 20 heavy (non-hydrogen) atoms. The van der Waals surface area contributed by atoms with Gasteiger partial charge in [0.25, 0.3) is 0 Å². The molecule has 1 aromatic heterocycles. The van der Waals surface area contributed by atoms with E-state index in [-0.39, 0.29) is 12.0 Å². The van der Waals surface area contributed by atoms with E-state index in [0.717, 1.165) is 10.9 Å². The van der Waals surface area contributed by atoms with Crippen LogP contribution in [0.5, 0.6) is 0 Å². The number of amides is 1. The van der Waals surface area contributed by atoms with Gasteiger partial charge in [0.1, 0.15) is 5.82 Å². The van der Waals surface area contributed by atoms with Crippen molar-refractivity contribution in [2.75, 3.05) is 0 Å². The van der Waals surface area contributed by atoms with Crippen molar-refractivity contribution < 1.29 is 19.1 Å². The molecule has 0 aliphatic rings. The minimum Gasteiger partial charge on any atom is -0.479 e. The lowest BCUT2D eigenvalue weighted by Gasteiger charge is -2.15. The fraction of sp³-hybridized carbons (Fsp3) is 0.143. The van der Waals surface area contributed by atoms with Crippen molar-refractivity contribution in [1.82, 2.24) is 5.32 Å². The van der Waals surface area contributed by atoms with E-state index in [2.05, 4.69) is 5.32 Å². The van der Waals surface area contributed by atoms with Crippen LogP contribution >= 0.6 is 11.3 Å². The Balaban J connectivity index is 2.12. The number of halogens is 1. The van der Waals surface area contributed by atoms with Crippen molar-refractivity contribution in [2.24, 2.45) is 0 Å². The number of hydrogen-bond donors (Lipinski definition) is 2. The topological polar surface area (TPSA) is 66.4 Å². The van der Waals surface area contributed by atoms with Gasteiger partial charge in [-0.25, -0.2) is 9.18 Å². The van der Waals surface area contributed by atoms with Gasteiger partial charge in [0.2, 0.25) is 5.91 Å². The van der Waals surface area contributed by atoms with Gasteiger partial charge in [-0.05, 0) is 17.5 Å². The van der Waals surface area contributed by atoms with Crippen LogP contribution in [0.2, 0.25) is 0 Å². The zero-order valence-corrected chi connectivity index (χ0v) is 11.2. The van der Waals surface area contributed by atoms with E-state index >= 15 is 0 Å². The summed E-state index contributed by atoms with van der Waals surface area (Å²) in [5, 5.41) is 13.3. The van der Waals surface area contributed by atoms with Gasteiger partial charge in [-0.15, -0.1) is 11.3 Å². The van der Waals surface area contributed by atoms with E-state index in [1.807, 2.05) is 5.38 Å². The third-order valence-electron chi connectivity index (χ3n) is 2.68. The molecule has 0 saturated carbocycles. The average Bonchev–Trinajstić information content (AvgIpc) is 2.89. The second-order valence-electron chi connectivity index (χ2n) is 4.12. The van der Waals surface area contributed by atoms with E-state index < -0.39 is 23.7 Å². The number of thiophene rings is 1. The Labute approximate surface area is 118 Å². The third kappa shape index (κ3) is 3.42. The summed E-state index contributed by atoms with van der Waals surface area (Å²) in [6, 6.07) is 7.70. The van der Waals surface area contributed by atoms with E-state index in [4.69, 9.17) is 5.11 Å². The fourth-order valence-corrected chi connectivity index (χ4v) is 2.47. The molecule has 2 N–H and O–H groups in total. The maximum Gasteiger partial charge on any atom is 0.331 e. The highest BCUT2D eigenvalue weighted by molar-refractivity contribution is 7.10. The summed E-state index contributed by atoms with van der Waals surface area (Å²) in [5.74, 6) is -2.41. The predicted octanol–water partition coefficient (Wildman–Crippen LogP) is 2.37. The van der Waals surface area contributed by atoms with Gasteiger partial charge in [-0.1, -0.05) is 24.3 Å². The van der Waals surface area contributed by atoms with Gasteiger partial charge in [0, 0.05) is 10.4 Å². The fourth-order valence-electron chi connectivity index (χ4n) is 1.77. The molecule has 104 valence electrons. The first-order chi connectivity index (χ1) is 9.58. The van der Waals surface area contributed by atoms with E-state index in [0.29, 0.717) is 0 Å². The Hall–Kier alpha value is -2.21. The molecule has 6 heteroatoms. The molecule has 0 fully saturated rings. The quantitative estimate of drug-likeness (QED) is 0.889. The highest BCUT2D eigenvalue weighted by atomic mass is 32.1. The largest absolute Gasteiger partial charge is 0.479 e. The molecule has 1 amide bonds. The van der Waals surface area contributed by atoms with Crippen molar-refractivity contribution in [3.05, 3.63) is 58.0 Å². The van der Waals surface area contributed by atoms with Crippen LogP contribution in [0.3, 0.4) is 0 Å². The summed E-state index contributed by atoms with van der Waals surface area (Å²) < 4.78 is 13.6. The maximum absolute atomic E-state index is 13.6. The monoisotopic (exact) mass is 293 g/mol. The van der Waals surface area contributed by atoms with Crippen LogP contribution in [0.25, 0.3) is 0 Å². The SMILES string of the molecule is O=C(Cc1cccs1)NC(C(=O)O)c1ccccc1F. The second kappa shape index (κ2) is 6.29. The molecule has 0 bridgehead atoms. The number of nitrogens with one attached hydrogen (secondary N) is 1. The van der Waals surface area contributed by atoms with E-state index in [9.17, 15) is 14.0 Å². The molecule has 0 saturated heterocycles. The molecule has 4 nitrogen and oxygen atoms in total. The van der Waals surface area contributed by atoms with Crippen molar-refractivity contribution in [2.45, 2.75) is 12.5 Å². The van der Waals surface area contributed by atoms with Crippen molar-refractivity contribution in [1.29, 1.82) is 0 Å². The molecular formula is C14H12FNO3S. The summed E-state index contributed by atoms with van der Waals surface area (Å²) in [5.41, 5.74) is -0.0560. The first kappa shape index (κ1) is 14.2. The van der Waals surface area contributed by atoms with Crippen LogP contribution < -0.4 is 5.32 Å². The van der Waals surface area contributed by atoms with Gasteiger partial charge < -0.3 is 10.4 Å². The Kier molecular flexibility index (Phi) is 4.47. The highest BCUT2D eigenvalue weighted by Gasteiger charge is 2.24. The summed E-state index contributed by atoms with van der Waals surface area (Å²) >= 11 is 1.40. The van der Waals surface area contributed by atoms with Gasteiger partial charge in [0.05, 0.1) is 6.42 Å². The van der Waals surface area contributed by atoms with Gasteiger partial charge in [-0.3, -0.25) is 4.79 Å². The van der Waals surface area contributed by atoms with Crippen LogP contribution in [-0.2, 0) is 16.0 Å². The summed E-state index contributed by atoms with van der Waals surface area (Å²) in [7, 11) is 0. The van der Waals surface area contributed by atoms with Crippen molar-refractivity contribution in [3.63, 3.8) is 0 Å². The van der Waals surface area contributed by atoms with Crippen LogP contribution in [0, 0.1) is 5.82 Å². The standard InChI is InChI=1S/C14H12FNO3S/c15-11-6-2-1-5-10(11)13(14(18)19)16-12(17)8-9-4-3-7-20-9/h1-7,13H,8H2,(H,16,17)(H,18,19). The van der Waals surface area contributed by atoms with Crippen molar-refractivity contribution >= 4 is 23.2 Å². The molecule has 2 aromatic rings. The number of carbonyl (C=O) groups is 2. The summed E-state index contributed by atoms with van der Waals surface area (Å²) in [6.07, 6.45) is 0.0793. The van der Waals surface area contributed by atoms with Gasteiger partial charge >= 0.3 is 5.97 Å². The normalized spacial score (nSPS) is 11.8. The number of hydrogen-bond acceptors (Lipinski definition) is 3. The Morgan fingerprint density at radius 2 is 2.00 bits per heavy atom. The Morgan fingerprint density at radius 3 is 2.60 bits per heavy atom. The minimum absolute atomic E-state index is 0.0560. The smallest absolute Gasteiger partial charge is 0.331 e. The first-order valence-electron chi connectivity index (χ1n) is 5.87. The number of aliphatic carboxylic acids is 1. The number of carbonyl (C=O) groups excluding carboxylic acids is 1. The van der Waals surface area contributed by atoms with Gasteiger partial charge in [-0.2, -0.15) is 0 Å². The first-order valence-corrected chi connectivity index (χ1v) is 6.75. The minimum atomic E-state index is -1.39. The molecule has 1 unspecified atom stereocenters. The number of carboxylic acids is 1. The van der Waals surface area contributed by atoms with Crippen LogP contribution in [-0.4, -0.2) is 17.0 Å². The summed E-state index contributed by atoms with van der Waals surface area (Å²) in [4.78, 5) is 23.9. The van der Waals surface area contributed by atoms with E-state index in [1.165, 1.54) is 29.5 Å². The molecule has 2 rings (SSSR count). The average molecular weight is 293 g/mol. The number of benzene rings is 1. The predicted molar refractivity (Wildman–Crippen MR) is 72.9 cm³/mol. The van der Waals surface area contributed by atoms with Crippen LogP contribution in [0.1, 0.15) is 16.5 Å². The van der Waals surface area contributed by atoms with Gasteiger partial charge in [0.15, 0.2) is 6.04 Å². The maximum atomic E-state index is 13.6. The molecule has 1 atom stereocenters. The molecule has 0 spiro atoms. The molecular weight excluding hydrogens is 281 g/mol. The summed E-state index contributed by atoms with van der Waals surface area (Å²) in [6.45, 7) is 0. The Morgan fingerprint density at radius 1 is 1.25 bits per heavy atom. The zero-order valence-electron chi connectivity index (χ0n) is 10.4. The molecule has 1 aromatic carbocycles. The molecule has 0 aliphatic carbocycles. The van der Waals surface area contributed by atoms with Crippen molar-refractivity contribution in [3.8, 4) is 0 Å².